The molecular weight excluding hydrogens is 420 g/mol. The summed E-state index contributed by atoms with van der Waals surface area (Å²) in [6, 6.07) is 12.6. The monoisotopic (exact) mass is 444 g/mol. The second kappa shape index (κ2) is 9.24. The van der Waals surface area contributed by atoms with Crippen LogP contribution in [0.3, 0.4) is 0 Å². The van der Waals surface area contributed by atoms with E-state index in [0.717, 1.165) is 36.0 Å². The van der Waals surface area contributed by atoms with Gasteiger partial charge in [0.15, 0.2) is 6.61 Å². The van der Waals surface area contributed by atoms with Crippen molar-refractivity contribution in [3.63, 3.8) is 0 Å². The van der Waals surface area contributed by atoms with E-state index in [-0.39, 0.29) is 18.4 Å². The lowest BCUT2D eigenvalue weighted by atomic mass is 9.98. The number of hydrogen-bond acceptors (Lipinski definition) is 3. The molecule has 0 aromatic heterocycles. The normalized spacial score (nSPS) is 14.6. The zero-order chi connectivity index (χ0) is 20.1. The number of rotatable bonds is 5. The third-order valence-electron chi connectivity index (χ3n) is 4.96. The van der Waals surface area contributed by atoms with Crippen molar-refractivity contribution < 1.29 is 14.3 Å². The van der Waals surface area contributed by atoms with Gasteiger partial charge in [0.1, 0.15) is 5.75 Å². The Morgan fingerprint density at radius 2 is 1.93 bits per heavy atom. The number of hydrogen-bond donors (Lipinski definition) is 1. The third kappa shape index (κ3) is 5.35. The predicted octanol–water partition coefficient (Wildman–Crippen LogP) is 4.65. The number of amides is 2. The molecule has 1 fully saturated rings. The first-order valence-electron chi connectivity index (χ1n) is 9.50. The Hall–Kier alpha value is -2.34. The van der Waals surface area contributed by atoms with Crippen LogP contribution in [0.1, 0.15) is 35.7 Å². The van der Waals surface area contributed by atoms with Crippen molar-refractivity contribution >= 4 is 33.4 Å². The maximum Gasteiger partial charge on any atom is 0.262 e. The quantitative estimate of drug-likeness (QED) is 0.729. The summed E-state index contributed by atoms with van der Waals surface area (Å²) in [5.74, 6) is 1.06. The molecule has 1 aliphatic rings. The van der Waals surface area contributed by atoms with Crippen LogP contribution in [-0.4, -0.2) is 36.4 Å². The molecule has 0 saturated carbocycles. The fourth-order valence-electron chi connectivity index (χ4n) is 3.18. The number of halogens is 1. The number of anilines is 1. The van der Waals surface area contributed by atoms with Gasteiger partial charge in [-0.2, -0.15) is 0 Å². The van der Waals surface area contributed by atoms with Gasteiger partial charge in [0, 0.05) is 28.8 Å². The molecule has 1 heterocycles. The third-order valence-corrected chi connectivity index (χ3v) is 5.85. The van der Waals surface area contributed by atoms with E-state index >= 15 is 0 Å². The van der Waals surface area contributed by atoms with E-state index in [1.807, 2.05) is 30.0 Å². The first kappa shape index (κ1) is 20.4. The number of nitrogens with zero attached hydrogens (tertiary/aromatic N) is 1. The van der Waals surface area contributed by atoms with Crippen LogP contribution in [-0.2, 0) is 4.79 Å². The summed E-state index contributed by atoms with van der Waals surface area (Å²) >= 11 is 3.44. The molecule has 2 amide bonds. The van der Waals surface area contributed by atoms with Crippen LogP contribution >= 0.6 is 15.9 Å². The summed E-state index contributed by atoms with van der Waals surface area (Å²) in [7, 11) is 0. The molecule has 2 aromatic carbocycles. The van der Waals surface area contributed by atoms with Gasteiger partial charge in [-0.1, -0.05) is 28.9 Å². The SMILES string of the molecule is Cc1cc(OCC(=O)Nc2cccc(C(=O)N3CCC(C)CC3)c2)ccc1Br. The highest BCUT2D eigenvalue weighted by atomic mass is 79.9. The average molecular weight is 445 g/mol. The minimum Gasteiger partial charge on any atom is -0.484 e. The molecule has 6 heteroatoms. The van der Waals surface area contributed by atoms with Crippen LogP contribution in [0.2, 0.25) is 0 Å². The molecule has 5 nitrogen and oxygen atoms in total. The number of likely N-dealkylation sites (tertiary alicyclic amines) is 1. The van der Waals surface area contributed by atoms with E-state index in [0.29, 0.717) is 22.9 Å². The Morgan fingerprint density at radius 3 is 2.64 bits per heavy atom. The summed E-state index contributed by atoms with van der Waals surface area (Å²) in [6.45, 7) is 5.66. The Labute approximate surface area is 174 Å². The fraction of sp³-hybridized carbons (Fsp3) is 0.364. The molecule has 0 aliphatic carbocycles. The van der Waals surface area contributed by atoms with Crippen LogP contribution in [0.4, 0.5) is 5.69 Å². The maximum atomic E-state index is 12.7. The molecule has 2 aromatic rings. The summed E-state index contributed by atoms with van der Waals surface area (Å²) in [6.07, 6.45) is 2.07. The first-order valence-corrected chi connectivity index (χ1v) is 10.3. The van der Waals surface area contributed by atoms with Crippen LogP contribution in [0.25, 0.3) is 0 Å². The smallest absolute Gasteiger partial charge is 0.262 e. The van der Waals surface area contributed by atoms with E-state index in [4.69, 9.17) is 4.74 Å². The fourth-order valence-corrected chi connectivity index (χ4v) is 3.42. The number of benzene rings is 2. The number of aryl methyl sites for hydroxylation is 1. The number of nitrogens with one attached hydrogen (secondary N) is 1. The number of ether oxygens (including phenoxy) is 1. The highest BCUT2D eigenvalue weighted by molar-refractivity contribution is 9.10. The standard InChI is InChI=1S/C22H25BrN2O3/c1-15-8-10-25(11-9-15)22(27)17-4-3-5-18(13-17)24-21(26)14-28-19-6-7-20(23)16(2)12-19/h3-7,12-13,15H,8-11,14H2,1-2H3,(H,24,26). The lowest BCUT2D eigenvalue weighted by molar-refractivity contribution is -0.118. The maximum absolute atomic E-state index is 12.7. The van der Waals surface area contributed by atoms with Gasteiger partial charge in [-0.05, 0) is 67.6 Å². The van der Waals surface area contributed by atoms with E-state index < -0.39 is 0 Å². The molecule has 1 aliphatic heterocycles. The van der Waals surface area contributed by atoms with Gasteiger partial charge >= 0.3 is 0 Å². The second-order valence-electron chi connectivity index (χ2n) is 7.30. The largest absolute Gasteiger partial charge is 0.484 e. The van der Waals surface area contributed by atoms with Crippen LogP contribution in [0.15, 0.2) is 46.9 Å². The minimum absolute atomic E-state index is 0.0181. The minimum atomic E-state index is -0.267. The van der Waals surface area contributed by atoms with E-state index in [1.54, 1.807) is 24.3 Å². The summed E-state index contributed by atoms with van der Waals surface area (Å²) < 4.78 is 6.55. The average Bonchev–Trinajstić information content (AvgIpc) is 2.69. The lowest BCUT2D eigenvalue weighted by Gasteiger charge is -2.30. The van der Waals surface area contributed by atoms with Gasteiger partial charge in [0.2, 0.25) is 0 Å². The van der Waals surface area contributed by atoms with Crippen molar-refractivity contribution in [1.29, 1.82) is 0 Å². The first-order chi connectivity index (χ1) is 13.4. The molecule has 1 N–H and O–H groups in total. The van der Waals surface area contributed by atoms with Gasteiger partial charge in [-0.15, -0.1) is 0 Å². The van der Waals surface area contributed by atoms with Crippen molar-refractivity contribution in [1.82, 2.24) is 4.90 Å². The molecule has 0 radical (unpaired) electrons. The summed E-state index contributed by atoms with van der Waals surface area (Å²) in [5.41, 5.74) is 2.23. The van der Waals surface area contributed by atoms with Gasteiger partial charge < -0.3 is 15.0 Å². The number of piperidine rings is 1. The van der Waals surface area contributed by atoms with Crippen molar-refractivity contribution in [2.24, 2.45) is 5.92 Å². The number of carbonyl (C=O) groups excluding carboxylic acids is 2. The molecule has 28 heavy (non-hydrogen) atoms. The predicted molar refractivity (Wildman–Crippen MR) is 114 cm³/mol. The van der Waals surface area contributed by atoms with E-state index in [2.05, 4.69) is 28.2 Å². The topological polar surface area (TPSA) is 58.6 Å². The van der Waals surface area contributed by atoms with E-state index in [1.165, 1.54) is 0 Å². The number of carbonyl (C=O) groups is 2. The molecule has 0 bridgehead atoms. The van der Waals surface area contributed by atoms with Crippen molar-refractivity contribution in [3.8, 4) is 5.75 Å². The Balaban J connectivity index is 1.56. The zero-order valence-corrected chi connectivity index (χ0v) is 17.8. The Bertz CT molecular complexity index is 861. The molecule has 148 valence electrons. The molecular formula is C22H25BrN2O3. The van der Waals surface area contributed by atoms with Gasteiger partial charge in [0.05, 0.1) is 0 Å². The highest BCUT2D eigenvalue weighted by Gasteiger charge is 2.21. The molecule has 1 saturated heterocycles. The highest BCUT2D eigenvalue weighted by Crippen LogP contribution is 2.22. The van der Waals surface area contributed by atoms with E-state index in [9.17, 15) is 9.59 Å². The van der Waals surface area contributed by atoms with Gasteiger partial charge in [-0.25, -0.2) is 0 Å². The van der Waals surface area contributed by atoms with Crippen molar-refractivity contribution in [2.75, 3.05) is 25.0 Å². The van der Waals surface area contributed by atoms with Crippen LogP contribution in [0.5, 0.6) is 5.75 Å². The van der Waals surface area contributed by atoms with Crippen LogP contribution < -0.4 is 10.1 Å². The van der Waals surface area contributed by atoms with Crippen LogP contribution in [0, 0.1) is 12.8 Å². The Morgan fingerprint density at radius 1 is 1.18 bits per heavy atom. The van der Waals surface area contributed by atoms with Gasteiger partial charge in [0.25, 0.3) is 11.8 Å². The van der Waals surface area contributed by atoms with Gasteiger partial charge in [-0.3, -0.25) is 9.59 Å². The summed E-state index contributed by atoms with van der Waals surface area (Å²) in [5, 5.41) is 2.80. The van der Waals surface area contributed by atoms with Crippen molar-refractivity contribution in [2.45, 2.75) is 26.7 Å². The molecule has 3 rings (SSSR count). The van der Waals surface area contributed by atoms with Crippen molar-refractivity contribution in [3.05, 3.63) is 58.1 Å². The second-order valence-corrected chi connectivity index (χ2v) is 8.16. The lowest BCUT2D eigenvalue weighted by Crippen LogP contribution is -2.37. The molecule has 0 spiro atoms. The summed E-state index contributed by atoms with van der Waals surface area (Å²) in [4.78, 5) is 26.8. The zero-order valence-electron chi connectivity index (χ0n) is 16.2. The molecule has 0 atom stereocenters. The molecule has 0 unspecified atom stereocenters. The Kier molecular flexibility index (Phi) is 6.73.